The number of benzene rings is 1. The van der Waals surface area contributed by atoms with Crippen molar-refractivity contribution in [1.82, 2.24) is 15.5 Å². The van der Waals surface area contributed by atoms with Crippen LogP contribution in [0, 0.1) is 5.82 Å². The summed E-state index contributed by atoms with van der Waals surface area (Å²) in [5.41, 5.74) is 0.446. The first-order valence-electron chi connectivity index (χ1n) is 8.89. The summed E-state index contributed by atoms with van der Waals surface area (Å²) in [6.07, 6.45) is 4.62. The SMILES string of the molecule is O=C(CNC(=O)NCCC(=O)N1CCCCCC1)Nc1ccc(F)cc1. The van der Waals surface area contributed by atoms with Gasteiger partial charge in [-0.3, -0.25) is 9.59 Å². The molecule has 1 aromatic carbocycles. The molecule has 1 saturated heterocycles. The number of amides is 4. The van der Waals surface area contributed by atoms with Gasteiger partial charge in [0.2, 0.25) is 11.8 Å². The molecular formula is C18H25FN4O3. The monoisotopic (exact) mass is 364 g/mol. The molecule has 4 amide bonds. The Kier molecular flexibility index (Phi) is 7.85. The number of hydrogen-bond acceptors (Lipinski definition) is 3. The zero-order valence-electron chi connectivity index (χ0n) is 14.7. The fourth-order valence-electron chi connectivity index (χ4n) is 2.72. The van der Waals surface area contributed by atoms with Crippen LogP contribution in [0.4, 0.5) is 14.9 Å². The van der Waals surface area contributed by atoms with E-state index in [9.17, 15) is 18.8 Å². The molecule has 0 atom stereocenters. The number of carbonyl (C=O) groups excluding carboxylic acids is 3. The van der Waals surface area contributed by atoms with Crippen LogP contribution in [0.25, 0.3) is 0 Å². The Bertz CT molecular complexity index is 613. The van der Waals surface area contributed by atoms with E-state index in [2.05, 4.69) is 16.0 Å². The van der Waals surface area contributed by atoms with Crippen LogP contribution >= 0.6 is 0 Å². The molecule has 0 bridgehead atoms. The van der Waals surface area contributed by atoms with Crippen molar-refractivity contribution in [2.24, 2.45) is 0 Å². The summed E-state index contributed by atoms with van der Waals surface area (Å²) in [5.74, 6) is -0.774. The molecule has 1 fully saturated rings. The summed E-state index contributed by atoms with van der Waals surface area (Å²) in [5, 5.41) is 7.52. The number of nitrogens with one attached hydrogen (secondary N) is 3. The maximum atomic E-state index is 12.8. The smallest absolute Gasteiger partial charge is 0.315 e. The minimum absolute atomic E-state index is 0.0428. The first-order chi connectivity index (χ1) is 12.5. The lowest BCUT2D eigenvalue weighted by Crippen LogP contribution is -2.41. The number of carbonyl (C=O) groups is 3. The predicted octanol–water partition coefficient (Wildman–Crippen LogP) is 1.86. The molecular weight excluding hydrogens is 339 g/mol. The summed E-state index contributed by atoms with van der Waals surface area (Å²) < 4.78 is 12.8. The number of nitrogens with zero attached hydrogens (tertiary/aromatic N) is 1. The molecule has 1 aliphatic rings. The quantitative estimate of drug-likeness (QED) is 0.720. The minimum Gasteiger partial charge on any atom is -0.343 e. The molecule has 8 heteroatoms. The minimum atomic E-state index is -0.511. The second-order valence-corrected chi connectivity index (χ2v) is 6.21. The van der Waals surface area contributed by atoms with Gasteiger partial charge in [-0.15, -0.1) is 0 Å². The first-order valence-corrected chi connectivity index (χ1v) is 8.89. The molecule has 26 heavy (non-hydrogen) atoms. The second-order valence-electron chi connectivity index (χ2n) is 6.21. The van der Waals surface area contributed by atoms with E-state index in [1.54, 1.807) is 0 Å². The lowest BCUT2D eigenvalue weighted by molar-refractivity contribution is -0.131. The zero-order valence-corrected chi connectivity index (χ0v) is 14.7. The van der Waals surface area contributed by atoms with Crippen LogP contribution in [0.1, 0.15) is 32.1 Å². The van der Waals surface area contributed by atoms with Gasteiger partial charge in [0.05, 0.1) is 6.54 Å². The third-order valence-electron chi connectivity index (χ3n) is 4.12. The molecule has 1 heterocycles. The van der Waals surface area contributed by atoms with Crippen molar-refractivity contribution in [3.8, 4) is 0 Å². The number of likely N-dealkylation sites (tertiary alicyclic amines) is 1. The lowest BCUT2D eigenvalue weighted by Gasteiger charge is -2.20. The van der Waals surface area contributed by atoms with Crippen molar-refractivity contribution < 1.29 is 18.8 Å². The Morgan fingerprint density at radius 3 is 2.27 bits per heavy atom. The fourth-order valence-corrected chi connectivity index (χ4v) is 2.72. The summed E-state index contributed by atoms with van der Waals surface area (Å²) in [4.78, 5) is 37.3. The van der Waals surface area contributed by atoms with Crippen molar-refractivity contribution >= 4 is 23.5 Å². The Morgan fingerprint density at radius 1 is 0.962 bits per heavy atom. The van der Waals surface area contributed by atoms with Gasteiger partial charge in [-0.25, -0.2) is 9.18 Å². The van der Waals surface area contributed by atoms with Gasteiger partial charge in [0.1, 0.15) is 5.82 Å². The van der Waals surface area contributed by atoms with Crippen molar-refractivity contribution in [3.05, 3.63) is 30.1 Å². The Labute approximate surface area is 152 Å². The number of urea groups is 1. The van der Waals surface area contributed by atoms with Crippen LogP contribution in [-0.4, -0.2) is 48.9 Å². The molecule has 1 aromatic rings. The van der Waals surface area contributed by atoms with Gasteiger partial charge in [-0.1, -0.05) is 12.8 Å². The van der Waals surface area contributed by atoms with Crippen LogP contribution in [0.3, 0.4) is 0 Å². The van der Waals surface area contributed by atoms with Crippen molar-refractivity contribution in [2.45, 2.75) is 32.1 Å². The van der Waals surface area contributed by atoms with Crippen LogP contribution < -0.4 is 16.0 Å². The average molecular weight is 364 g/mol. The number of rotatable bonds is 6. The molecule has 0 spiro atoms. The molecule has 3 N–H and O–H groups in total. The highest BCUT2D eigenvalue weighted by Crippen LogP contribution is 2.10. The normalized spacial score (nSPS) is 14.3. The molecule has 1 aliphatic heterocycles. The molecule has 0 aliphatic carbocycles. The van der Waals surface area contributed by atoms with E-state index >= 15 is 0 Å². The van der Waals surface area contributed by atoms with Gasteiger partial charge < -0.3 is 20.9 Å². The topological polar surface area (TPSA) is 90.5 Å². The van der Waals surface area contributed by atoms with Gasteiger partial charge in [0.25, 0.3) is 0 Å². The summed E-state index contributed by atoms with van der Waals surface area (Å²) >= 11 is 0. The van der Waals surface area contributed by atoms with E-state index in [4.69, 9.17) is 0 Å². The predicted molar refractivity (Wildman–Crippen MR) is 96.1 cm³/mol. The van der Waals surface area contributed by atoms with Crippen LogP contribution in [0.15, 0.2) is 24.3 Å². The van der Waals surface area contributed by atoms with Crippen molar-refractivity contribution in [2.75, 3.05) is 31.5 Å². The van der Waals surface area contributed by atoms with Gasteiger partial charge >= 0.3 is 6.03 Å². The Balaban J connectivity index is 1.60. The molecule has 0 unspecified atom stereocenters. The summed E-state index contributed by atoms with van der Waals surface area (Å²) in [7, 11) is 0. The standard InChI is InChI=1S/C18H25FN4O3/c19-14-5-7-15(8-6-14)22-16(24)13-21-18(26)20-10-9-17(25)23-11-3-1-2-4-12-23/h5-8H,1-4,9-13H2,(H,22,24)(H2,20,21,26). The molecule has 0 radical (unpaired) electrons. The van der Waals surface area contributed by atoms with Crippen LogP contribution in [0.5, 0.6) is 0 Å². The third-order valence-corrected chi connectivity index (χ3v) is 4.12. The van der Waals surface area contributed by atoms with E-state index < -0.39 is 17.8 Å². The van der Waals surface area contributed by atoms with E-state index in [-0.39, 0.29) is 25.4 Å². The molecule has 142 valence electrons. The number of anilines is 1. The van der Waals surface area contributed by atoms with E-state index in [0.717, 1.165) is 38.8 Å². The maximum Gasteiger partial charge on any atom is 0.315 e. The van der Waals surface area contributed by atoms with Crippen LogP contribution in [-0.2, 0) is 9.59 Å². The largest absolute Gasteiger partial charge is 0.343 e. The highest BCUT2D eigenvalue weighted by atomic mass is 19.1. The Hall–Kier alpha value is -2.64. The maximum absolute atomic E-state index is 12.8. The number of halogens is 1. The van der Waals surface area contributed by atoms with Gasteiger partial charge in [0.15, 0.2) is 0 Å². The number of hydrogen-bond donors (Lipinski definition) is 3. The van der Waals surface area contributed by atoms with E-state index in [0.29, 0.717) is 5.69 Å². The van der Waals surface area contributed by atoms with Gasteiger partial charge in [-0.05, 0) is 37.1 Å². The summed E-state index contributed by atoms with van der Waals surface area (Å²) in [6, 6.07) is 4.82. The average Bonchev–Trinajstić information content (AvgIpc) is 2.91. The van der Waals surface area contributed by atoms with Crippen LogP contribution in [0.2, 0.25) is 0 Å². The molecule has 0 saturated carbocycles. The van der Waals surface area contributed by atoms with E-state index in [1.807, 2.05) is 4.90 Å². The van der Waals surface area contributed by atoms with E-state index in [1.165, 1.54) is 24.3 Å². The highest BCUT2D eigenvalue weighted by Gasteiger charge is 2.15. The summed E-state index contributed by atoms with van der Waals surface area (Å²) in [6.45, 7) is 1.58. The highest BCUT2D eigenvalue weighted by molar-refractivity contribution is 5.94. The molecule has 7 nitrogen and oxygen atoms in total. The Morgan fingerprint density at radius 2 is 1.62 bits per heavy atom. The van der Waals surface area contributed by atoms with Crippen molar-refractivity contribution in [1.29, 1.82) is 0 Å². The molecule has 2 rings (SSSR count). The third kappa shape index (κ3) is 7.08. The first kappa shape index (κ1) is 19.7. The second kappa shape index (κ2) is 10.4. The van der Waals surface area contributed by atoms with Gasteiger partial charge in [0, 0.05) is 31.7 Å². The zero-order chi connectivity index (χ0) is 18.8. The van der Waals surface area contributed by atoms with Crippen molar-refractivity contribution in [3.63, 3.8) is 0 Å². The molecule has 0 aromatic heterocycles. The lowest BCUT2D eigenvalue weighted by atomic mass is 10.2. The van der Waals surface area contributed by atoms with Gasteiger partial charge in [-0.2, -0.15) is 0 Å². The fraction of sp³-hybridized carbons (Fsp3) is 0.500.